The highest BCUT2D eigenvalue weighted by Crippen LogP contribution is 2.34. The van der Waals surface area contributed by atoms with E-state index in [1.54, 1.807) is 18.3 Å². The zero-order valence-electron chi connectivity index (χ0n) is 21.2. The number of piperidine rings is 1. The van der Waals surface area contributed by atoms with Crippen LogP contribution in [0.4, 0.5) is 29.2 Å². The predicted molar refractivity (Wildman–Crippen MR) is 135 cm³/mol. The highest BCUT2D eigenvalue weighted by Gasteiger charge is 2.38. The first kappa shape index (κ1) is 28.5. The number of nitrogens with zero attached hydrogens (tertiary/aromatic N) is 5. The van der Waals surface area contributed by atoms with E-state index < -0.39 is 18.0 Å². The lowest BCUT2D eigenvalue weighted by molar-refractivity contribution is -0.192. The molecule has 0 spiro atoms. The van der Waals surface area contributed by atoms with Crippen molar-refractivity contribution in [3.63, 3.8) is 0 Å². The molecule has 2 N–H and O–H groups in total. The maximum absolute atomic E-state index is 14.4. The SMILES string of the molecule is COc1ccc(C(=O)C2CCN(c3nc4c(C#N)nccc4nc3NC3CC3)CC2)c(F)c1.O=C(O)C(F)(F)F. The maximum atomic E-state index is 14.4. The number of ketones is 1. The average Bonchev–Trinajstić information content (AvgIpc) is 3.76. The molecule has 1 aliphatic carbocycles. The van der Waals surface area contributed by atoms with Crippen molar-refractivity contribution < 1.29 is 37.0 Å². The van der Waals surface area contributed by atoms with Crippen LogP contribution >= 0.6 is 0 Å². The Hall–Kier alpha value is -4.54. The number of fused-ring (bicyclic) bond motifs is 1. The van der Waals surface area contributed by atoms with Crippen molar-refractivity contribution in [2.24, 2.45) is 5.92 Å². The Morgan fingerprint density at radius 2 is 1.82 bits per heavy atom. The number of hydrogen-bond acceptors (Lipinski definition) is 9. The minimum absolute atomic E-state index is 0.0978. The number of nitrogens with one attached hydrogen (secondary N) is 1. The van der Waals surface area contributed by atoms with E-state index in [9.17, 15) is 27.6 Å². The lowest BCUT2D eigenvalue weighted by atomic mass is 9.88. The van der Waals surface area contributed by atoms with Gasteiger partial charge >= 0.3 is 12.1 Å². The molecule has 1 saturated heterocycles. The normalized spacial score (nSPS) is 15.6. The molecule has 2 aromatic heterocycles. The minimum Gasteiger partial charge on any atom is -0.497 e. The van der Waals surface area contributed by atoms with Gasteiger partial charge in [0.25, 0.3) is 0 Å². The molecule has 1 saturated carbocycles. The van der Waals surface area contributed by atoms with Crippen LogP contribution in [0.15, 0.2) is 30.5 Å². The first-order valence-electron chi connectivity index (χ1n) is 12.3. The number of methoxy groups -OCH3 is 1. The van der Waals surface area contributed by atoms with Crippen LogP contribution in [0.2, 0.25) is 0 Å². The van der Waals surface area contributed by atoms with Gasteiger partial charge in [-0.2, -0.15) is 18.4 Å². The molecular weight excluding hydrogens is 536 g/mol. The van der Waals surface area contributed by atoms with Crippen molar-refractivity contribution in [3.8, 4) is 11.8 Å². The predicted octanol–water partition coefficient (Wildman–Crippen LogP) is 4.35. The Bertz CT molecular complexity index is 1460. The molecule has 0 atom stereocenters. The number of carboxylic acid groups (broad SMARTS) is 1. The van der Waals surface area contributed by atoms with Crippen molar-refractivity contribution in [1.82, 2.24) is 15.0 Å². The van der Waals surface area contributed by atoms with E-state index in [1.807, 2.05) is 0 Å². The number of halogens is 4. The number of carbonyl (C=O) groups is 2. The van der Waals surface area contributed by atoms with E-state index in [0.29, 0.717) is 60.4 Å². The zero-order chi connectivity index (χ0) is 29.0. The van der Waals surface area contributed by atoms with Gasteiger partial charge in [-0.3, -0.25) is 4.79 Å². The topological polar surface area (TPSA) is 141 Å². The van der Waals surface area contributed by atoms with Crippen LogP contribution in [0.5, 0.6) is 5.75 Å². The van der Waals surface area contributed by atoms with E-state index >= 15 is 0 Å². The summed E-state index contributed by atoms with van der Waals surface area (Å²) in [6, 6.07) is 8.55. The van der Waals surface area contributed by atoms with E-state index in [-0.39, 0.29) is 23.0 Å². The summed E-state index contributed by atoms with van der Waals surface area (Å²) in [5.41, 5.74) is 1.42. The number of carboxylic acids is 1. The highest BCUT2D eigenvalue weighted by molar-refractivity contribution is 5.98. The van der Waals surface area contributed by atoms with Crippen molar-refractivity contribution >= 4 is 34.4 Å². The standard InChI is InChI=1S/C24H23FN6O2.C2HF3O2/c1-33-16-4-5-17(18(25)12-16)22(32)14-7-10-31(11-8-14)24-23(28-15-2-3-15)29-19-6-9-27-20(13-26)21(19)30-24;3-2(4,5)1(6)7/h4-6,9,12,14-15H,2-3,7-8,10-11H2,1H3,(H,28,29);(H,6,7). The Balaban J connectivity index is 0.000000470. The maximum Gasteiger partial charge on any atom is 0.490 e. The number of pyridine rings is 1. The van der Waals surface area contributed by atoms with Gasteiger partial charge in [-0.1, -0.05) is 0 Å². The second-order valence-electron chi connectivity index (χ2n) is 9.23. The van der Waals surface area contributed by atoms with Crippen LogP contribution in [0.3, 0.4) is 0 Å². The molecule has 0 radical (unpaired) electrons. The molecular formula is C26H24F4N6O4. The lowest BCUT2D eigenvalue weighted by Gasteiger charge is -2.33. The first-order valence-corrected chi connectivity index (χ1v) is 12.3. The Labute approximate surface area is 225 Å². The van der Waals surface area contributed by atoms with Crippen molar-refractivity contribution in [1.29, 1.82) is 5.26 Å². The number of rotatable bonds is 6. The number of alkyl halides is 3. The summed E-state index contributed by atoms with van der Waals surface area (Å²) in [5, 5.41) is 20.0. The molecule has 0 unspecified atom stereocenters. The molecule has 2 fully saturated rings. The highest BCUT2D eigenvalue weighted by atomic mass is 19.4. The molecule has 14 heteroatoms. The molecule has 3 aromatic rings. The van der Waals surface area contributed by atoms with Gasteiger partial charge in [0.15, 0.2) is 23.1 Å². The van der Waals surface area contributed by atoms with Crippen molar-refractivity contribution in [3.05, 3.63) is 47.5 Å². The van der Waals surface area contributed by atoms with Gasteiger partial charge in [0, 0.05) is 37.3 Å². The number of nitriles is 1. The monoisotopic (exact) mass is 560 g/mol. The largest absolute Gasteiger partial charge is 0.497 e. The summed E-state index contributed by atoms with van der Waals surface area (Å²) in [6.45, 7) is 1.16. The fourth-order valence-electron chi connectivity index (χ4n) is 4.19. The summed E-state index contributed by atoms with van der Waals surface area (Å²) in [5.74, 6) is -2.04. The molecule has 0 bridgehead atoms. The molecule has 3 heterocycles. The van der Waals surface area contributed by atoms with Crippen LogP contribution in [0.1, 0.15) is 41.7 Å². The molecule has 1 aromatic carbocycles. The van der Waals surface area contributed by atoms with E-state index in [4.69, 9.17) is 24.6 Å². The Kier molecular flexibility index (Phi) is 8.32. The average molecular weight is 561 g/mol. The number of Topliss-reactive ketones (excluding diaryl/α,β-unsaturated/α-hetero) is 1. The second-order valence-corrected chi connectivity index (χ2v) is 9.23. The fraction of sp³-hybridized carbons (Fsp3) is 0.385. The number of ether oxygens (including phenoxy) is 1. The third-order valence-corrected chi connectivity index (χ3v) is 6.44. The minimum atomic E-state index is -5.08. The molecule has 1 aliphatic heterocycles. The van der Waals surface area contributed by atoms with Gasteiger partial charge in [-0.05, 0) is 43.9 Å². The quantitative estimate of drug-likeness (QED) is 0.330. The van der Waals surface area contributed by atoms with Gasteiger partial charge in [-0.15, -0.1) is 0 Å². The third kappa shape index (κ3) is 6.53. The summed E-state index contributed by atoms with van der Waals surface area (Å²) >= 11 is 0. The van der Waals surface area contributed by atoms with Gasteiger partial charge in [0.2, 0.25) is 0 Å². The molecule has 40 heavy (non-hydrogen) atoms. The summed E-state index contributed by atoms with van der Waals surface area (Å²) in [6.07, 6.45) is -0.201. The number of carbonyl (C=O) groups excluding carboxylic acids is 1. The van der Waals surface area contributed by atoms with Crippen LogP contribution < -0.4 is 15.0 Å². The molecule has 5 rings (SSSR count). The smallest absolute Gasteiger partial charge is 0.490 e. The van der Waals surface area contributed by atoms with Crippen LogP contribution in [0.25, 0.3) is 11.0 Å². The lowest BCUT2D eigenvalue weighted by Crippen LogP contribution is -2.37. The number of anilines is 2. The van der Waals surface area contributed by atoms with Gasteiger partial charge in [0.1, 0.15) is 23.2 Å². The van der Waals surface area contributed by atoms with E-state index in [1.165, 1.54) is 19.2 Å². The Morgan fingerprint density at radius 1 is 1.15 bits per heavy atom. The summed E-state index contributed by atoms with van der Waals surface area (Å²) in [4.78, 5) is 37.6. The van der Waals surface area contributed by atoms with Crippen LogP contribution in [-0.4, -0.2) is 64.2 Å². The number of benzene rings is 1. The van der Waals surface area contributed by atoms with Crippen LogP contribution in [0, 0.1) is 23.1 Å². The third-order valence-electron chi connectivity index (χ3n) is 6.44. The number of aromatic nitrogens is 3. The molecule has 2 aliphatic rings. The number of hydrogen-bond donors (Lipinski definition) is 2. The van der Waals surface area contributed by atoms with E-state index in [2.05, 4.69) is 21.3 Å². The summed E-state index contributed by atoms with van der Waals surface area (Å²) in [7, 11) is 1.46. The van der Waals surface area contributed by atoms with Crippen LogP contribution in [-0.2, 0) is 4.79 Å². The first-order chi connectivity index (χ1) is 19.0. The van der Waals surface area contributed by atoms with Gasteiger partial charge in [0.05, 0.1) is 18.2 Å². The van der Waals surface area contributed by atoms with Gasteiger partial charge in [-0.25, -0.2) is 24.1 Å². The van der Waals surface area contributed by atoms with Crippen molar-refractivity contribution in [2.75, 3.05) is 30.4 Å². The Morgan fingerprint density at radius 3 is 2.38 bits per heavy atom. The molecule has 0 amide bonds. The van der Waals surface area contributed by atoms with Gasteiger partial charge < -0.3 is 20.1 Å². The second kappa shape index (κ2) is 11.7. The van der Waals surface area contributed by atoms with Crippen molar-refractivity contribution in [2.45, 2.75) is 37.9 Å². The van der Waals surface area contributed by atoms with E-state index in [0.717, 1.165) is 12.8 Å². The molecule has 210 valence electrons. The summed E-state index contributed by atoms with van der Waals surface area (Å²) < 4.78 is 51.2. The molecule has 10 nitrogen and oxygen atoms in total. The zero-order valence-corrected chi connectivity index (χ0v) is 21.2. The number of aliphatic carboxylic acids is 1. The fourth-order valence-corrected chi connectivity index (χ4v) is 4.19.